The molecule has 1 saturated carbocycles. The zero-order valence-electron chi connectivity index (χ0n) is 26.1. The van der Waals surface area contributed by atoms with Crippen molar-refractivity contribution in [3.05, 3.63) is 88.5 Å². The first-order chi connectivity index (χ1) is 22.3. The van der Waals surface area contributed by atoms with Crippen LogP contribution in [0.3, 0.4) is 0 Å². The fourth-order valence-electron chi connectivity index (χ4n) is 5.91. The van der Waals surface area contributed by atoms with Crippen LogP contribution in [0.4, 0.5) is 11.4 Å². The van der Waals surface area contributed by atoms with Gasteiger partial charge in [0.05, 0.1) is 5.69 Å². The highest BCUT2D eigenvalue weighted by molar-refractivity contribution is 6.04. The third-order valence-corrected chi connectivity index (χ3v) is 8.73. The number of likely N-dealkylation sites (N-methyl/N-ethyl adjacent to an activating group) is 1. The van der Waals surface area contributed by atoms with E-state index in [1.807, 2.05) is 47.2 Å². The van der Waals surface area contributed by atoms with Gasteiger partial charge in [-0.05, 0) is 85.5 Å². The van der Waals surface area contributed by atoms with Gasteiger partial charge in [0.25, 0.3) is 17.7 Å². The van der Waals surface area contributed by atoms with E-state index in [1.165, 1.54) is 0 Å². The van der Waals surface area contributed by atoms with Crippen LogP contribution in [0.25, 0.3) is 0 Å². The van der Waals surface area contributed by atoms with Gasteiger partial charge in [-0.2, -0.15) is 0 Å². The Morgan fingerprint density at radius 1 is 1.00 bits per heavy atom. The van der Waals surface area contributed by atoms with Gasteiger partial charge >= 0.3 is 0 Å². The second-order valence-electron chi connectivity index (χ2n) is 12.3. The molecule has 6 rings (SSSR count). The topological polar surface area (TPSA) is 137 Å². The van der Waals surface area contributed by atoms with E-state index in [1.54, 1.807) is 30.3 Å². The van der Waals surface area contributed by atoms with Crippen LogP contribution < -0.4 is 21.1 Å². The minimum absolute atomic E-state index is 0.0703. The van der Waals surface area contributed by atoms with E-state index in [-0.39, 0.29) is 36.3 Å². The first kappa shape index (κ1) is 31.3. The number of hydrogen-bond acceptors (Lipinski definition) is 7. The Morgan fingerprint density at radius 3 is 2.54 bits per heavy atom. The van der Waals surface area contributed by atoms with E-state index in [0.29, 0.717) is 61.7 Å². The number of anilines is 2. The van der Waals surface area contributed by atoms with E-state index in [9.17, 15) is 19.2 Å². The average molecular weight is 625 g/mol. The van der Waals surface area contributed by atoms with Crippen LogP contribution in [0.1, 0.15) is 56.7 Å². The molecule has 240 valence electrons. The van der Waals surface area contributed by atoms with Gasteiger partial charge in [-0.25, -0.2) is 0 Å². The molecule has 0 bridgehead atoms. The number of carbonyl (C=O) groups is 4. The molecule has 4 N–H and O–H groups in total. The molecule has 0 saturated heterocycles. The molecule has 2 aliphatic heterocycles. The lowest BCUT2D eigenvalue weighted by atomic mass is 9.98. The van der Waals surface area contributed by atoms with Crippen LogP contribution in [0.15, 0.2) is 60.7 Å². The van der Waals surface area contributed by atoms with Crippen LogP contribution in [0.2, 0.25) is 0 Å². The molecule has 0 atom stereocenters. The van der Waals surface area contributed by atoms with Gasteiger partial charge in [-0.15, -0.1) is 0 Å². The number of nitrogens with zero attached hydrogens (tertiary/aromatic N) is 3. The Balaban J connectivity index is 1.04. The molecule has 0 aromatic heterocycles. The number of rotatable bonds is 11. The molecule has 0 spiro atoms. The highest BCUT2D eigenvalue weighted by Gasteiger charge is 2.33. The Hall–Kier alpha value is -4.74. The molecular weight excluding hydrogens is 584 g/mol. The van der Waals surface area contributed by atoms with Crippen molar-refractivity contribution in [3.8, 4) is 5.75 Å². The predicted molar refractivity (Wildman–Crippen MR) is 175 cm³/mol. The van der Waals surface area contributed by atoms with Gasteiger partial charge in [0, 0.05) is 68.5 Å². The molecule has 11 nitrogen and oxygen atoms in total. The summed E-state index contributed by atoms with van der Waals surface area (Å²) in [6.07, 6.45) is 3.11. The molecule has 4 amide bonds. The van der Waals surface area contributed by atoms with Gasteiger partial charge in [0.2, 0.25) is 5.91 Å². The maximum Gasteiger partial charge on any atom is 0.262 e. The minimum Gasteiger partial charge on any atom is -0.482 e. The zero-order valence-corrected chi connectivity index (χ0v) is 26.1. The fraction of sp³-hybridized carbons (Fsp3) is 0.371. The maximum atomic E-state index is 13.5. The van der Waals surface area contributed by atoms with Crippen molar-refractivity contribution in [2.75, 3.05) is 50.5 Å². The number of hydrogen-bond donors (Lipinski definition) is 3. The molecule has 2 heterocycles. The van der Waals surface area contributed by atoms with E-state index in [2.05, 4.69) is 15.5 Å². The maximum absolute atomic E-state index is 13.5. The van der Waals surface area contributed by atoms with E-state index in [4.69, 9.17) is 10.5 Å². The summed E-state index contributed by atoms with van der Waals surface area (Å²) in [5.74, 6) is 0.111. The summed E-state index contributed by atoms with van der Waals surface area (Å²) in [6, 6.07) is 18.5. The van der Waals surface area contributed by atoms with Gasteiger partial charge in [-0.1, -0.05) is 18.2 Å². The number of nitrogens with two attached hydrogens (primary N) is 1. The first-order valence-electron chi connectivity index (χ1n) is 15.8. The largest absolute Gasteiger partial charge is 0.482 e. The fourth-order valence-corrected chi connectivity index (χ4v) is 5.91. The van der Waals surface area contributed by atoms with Crippen molar-refractivity contribution in [2.24, 2.45) is 5.73 Å². The molecule has 3 aliphatic rings. The summed E-state index contributed by atoms with van der Waals surface area (Å²) in [6.45, 7) is 3.62. The minimum atomic E-state index is -0.217. The summed E-state index contributed by atoms with van der Waals surface area (Å²) in [5.41, 5.74) is 11.1. The van der Waals surface area contributed by atoms with E-state index >= 15 is 0 Å². The molecule has 46 heavy (non-hydrogen) atoms. The number of amides is 4. The van der Waals surface area contributed by atoms with Crippen LogP contribution in [-0.4, -0.2) is 84.2 Å². The first-order valence-corrected chi connectivity index (χ1v) is 15.8. The highest BCUT2D eigenvalue weighted by atomic mass is 16.5. The van der Waals surface area contributed by atoms with Gasteiger partial charge in [0.1, 0.15) is 5.75 Å². The second-order valence-corrected chi connectivity index (χ2v) is 12.3. The summed E-state index contributed by atoms with van der Waals surface area (Å²) in [5, 5.41) is 5.75. The Kier molecular flexibility index (Phi) is 9.32. The van der Waals surface area contributed by atoms with E-state index < -0.39 is 0 Å². The van der Waals surface area contributed by atoms with Crippen LogP contribution >= 0.6 is 0 Å². The van der Waals surface area contributed by atoms with Crippen molar-refractivity contribution < 1.29 is 23.9 Å². The number of ether oxygens (including phenoxy) is 1. The Labute approximate surface area is 268 Å². The van der Waals surface area contributed by atoms with Crippen LogP contribution in [-0.2, 0) is 29.1 Å². The summed E-state index contributed by atoms with van der Waals surface area (Å²) in [7, 11) is 1.97. The number of nitrogens with one attached hydrogen (secondary N) is 2. The Morgan fingerprint density at radius 2 is 1.78 bits per heavy atom. The van der Waals surface area contributed by atoms with Gasteiger partial charge in [0.15, 0.2) is 6.61 Å². The van der Waals surface area contributed by atoms with Crippen molar-refractivity contribution in [1.82, 2.24) is 14.7 Å². The van der Waals surface area contributed by atoms with Crippen molar-refractivity contribution in [1.29, 1.82) is 0 Å². The molecule has 0 unspecified atom stereocenters. The Bertz CT molecular complexity index is 1640. The molecule has 3 aromatic carbocycles. The second kappa shape index (κ2) is 13.7. The zero-order chi connectivity index (χ0) is 32.2. The lowest BCUT2D eigenvalue weighted by Gasteiger charge is -2.30. The van der Waals surface area contributed by atoms with Gasteiger partial charge in [-0.3, -0.25) is 19.2 Å². The summed E-state index contributed by atoms with van der Waals surface area (Å²) >= 11 is 0. The third kappa shape index (κ3) is 7.38. The summed E-state index contributed by atoms with van der Waals surface area (Å²) in [4.78, 5) is 56.7. The number of benzene rings is 3. The molecule has 3 aromatic rings. The molecular formula is C35H40N6O5. The average Bonchev–Trinajstić information content (AvgIpc) is 3.91. The third-order valence-electron chi connectivity index (χ3n) is 8.73. The lowest BCUT2D eigenvalue weighted by Crippen LogP contribution is -2.38. The molecule has 11 heteroatoms. The SMILES string of the molecule is CN(CCN)CCC(=O)N1CCc2cc(NC(=O)c3ccc(CN(C(=O)c4ccc5c(c4)OCC(=O)N5)C4CC4)cc3)ccc2C1. The number of fused-ring (bicyclic) bond motifs is 2. The molecule has 0 radical (unpaired) electrons. The standard InChI is InChI=1S/C35H40N6O5/c1-39(17-14-36)15-13-33(43)40-16-12-25-18-28(8-6-27(25)21-40)37-34(44)24-4-2-23(3-5-24)20-41(29-9-10-29)35(45)26-7-11-30-31(19-26)46-22-32(42)38-30/h2-8,11,18-19,29H,9-10,12-17,20-22,36H2,1H3,(H,37,44)(H,38,42). The van der Waals surface area contributed by atoms with Crippen molar-refractivity contribution >= 4 is 35.0 Å². The smallest absolute Gasteiger partial charge is 0.262 e. The van der Waals surface area contributed by atoms with Gasteiger partial charge < -0.3 is 35.8 Å². The monoisotopic (exact) mass is 624 g/mol. The summed E-state index contributed by atoms with van der Waals surface area (Å²) < 4.78 is 5.50. The van der Waals surface area contributed by atoms with Crippen molar-refractivity contribution in [2.45, 2.75) is 44.8 Å². The lowest BCUT2D eigenvalue weighted by molar-refractivity contribution is -0.132. The van der Waals surface area contributed by atoms with Crippen LogP contribution in [0, 0.1) is 0 Å². The quantitative estimate of drug-likeness (QED) is 0.298. The van der Waals surface area contributed by atoms with Crippen molar-refractivity contribution in [3.63, 3.8) is 0 Å². The van der Waals surface area contributed by atoms with Crippen LogP contribution in [0.5, 0.6) is 5.75 Å². The normalized spacial score (nSPS) is 15.4. The highest BCUT2D eigenvalue weighted by Crippen LogP contribution is 2.33. The van der Waals surface area contributed by atoms with E-state index in [0.717, 1.165) is 48.2 Å². The molecule has 1 aliphatic carbocycles. The predicted octanol–water partition coefficient (Wildman–Crippen LogP) is 3.24. The number of carbonyl (C=O) groups excluding carboxylic acids is 4. The molecule has 1 fully saturated rings.